The van der Waals surface area contributed by atoms with Gasteiger partial charge in [0.1, 0.15) is 0 Å². The number of ether oxygens (including phenoxy) is 2. The zero-order valence-electron chi connectivity index (χ0n) is 14.0. The molecule has 0 saturated carbocycles. The van der Waals surface area contributed by atoms with Crippen LogP contribution in [0.25, 0.3) is 0 Å². The summed E-state index contributed by atoms with van der Waals surface area (Å²) in [4.78, 5) is 6.73. The fourth-order valence-electron chi connectivity index (χ4n) is 3.26. The third-order valence-electron chi connectivity index (χ3n) is 4.39. The highest BCUT2D eigenvalue weighted by Crippen LogP contribution is 2.32. The van der Waals surface area contributed by atoms with Crippen LogP contribution in [0.3, 0.4) is 0 Å². The van der Waals surface area contributed by atoms with Crippen molar-refractivity contribution in [1.29, 1.82) is 0 Å². The van der Waals surface area contributed by atoms with Crippen LogP contribution in [0.1, 0.15) is 29.8 Å². The Kier molecular flexibility index (Phi) is 4.93. The summed E-state index contributed by atoms with van der Waals surface area (Å²) in [5.74, 6) is 0.693. The molecule has 1 atom stereocenters. The SMILES string of the molecule is CCOC[C@@H]1c2c(cnn2C)CCN1Cc1cccnc1OC. The first-order valence-electron chi connectivity index (χ1n) is 8.05. The second kappa shape index (κ2) is 7.10. The first-order chi connectivity index (χ1) is 11.2. The normalized spacial score (nSPS) is 18.0. The highest BCUT2D eigenvalue weighted by atomic mass is 16.5. The lowest BCUT2D eigenvalue weighted by Gasteiger charge is -2.36. The average Bonchev–Trinajstić information content (AvgIpc) is 2.96. The summed E-state index contributed by atoms with van der Waals surface area (Å²) in [5.41, 5.74) is 3.68. The van der Waals surface area contributed by atoms with Gasteiger partial charge in [0.25, 0.3) is 0 Å². The van der Waals surface area contributed by atoms with Gasteiger partial charge in [-0.3, -0.25) is 9.58 Å². The number of hydrogen-bond acceptors (Lipinski definition) is 5. The van der Waals surface area contributed by atoms with E-state index in [4.69, 9.17) is 9.47 Å². The Bertz CT molecular complexity index is 656. The van der Waals surface area contributed by atoms with Crippen molar-refractivity contribution in [2.75, 3.05) is 26.9 Å². The number of methoxy groups -OCH3 is 1. The van der Waals surface area contributed by atoms with E-state index < -0.39 is 0 Å². The topological polar surface area (TPSA) is 52.4 Å². The fourth-order valence-corrected chi connectivity index (χ4v) is 3.26. The largest absolute Gasteiger partial charge is 0.481 e. The van der Waals surface area contributed by atoms with Gasteiger partial charge in [-0.25, -0.2) is 4.98 Å². The van der Waals surface area contributed by atoms with Gasteiger partial charge in [-0.15, -0.1) is 0 Å². The minimum absolute atomic E-state index is 0.205. The van der Waals surface area contributed by atoms with Crippen LogP contribution >= 0.6 is 0 Å². The lowest BCUT2D eigenvalue weighted by Crippen LogP contribution is -2.38. The van der Waals surface area contributed by atoms with Gasteiger partial charge >= 0.3 is 0 Å². The molecule has 0 N–H and O–H groups in total. The Morgan fingerprint density at radius 3 is 3.04 bits per heavy atom. The highest BCUT2D eigenvalue weighted by Gasteiger charge is 2.31. The summed E-state index contributed by atoms with van der Waals surface area (Å²) < 4.78 is 13.1. The zero-order valence-corrected chi connectivity index (χ0v) is 14.0. The molecule has 0 aliphatic carbocycles. The molecular weight excluding hydrogens is 292 g/mol. The van der Waals surface area contributed by atoms with E-state index in [-0.39, 0.29) is 6.04 Å². The molecule has 124 valence electrons. The molecule has 0 saturated heterocycles. The summed E-state index contributed by atoms with van der Waals surface area (Å²) in [5, 5.41) is 4.43. The van der Waals surface area contributed by atoms with Crippen molar-refractivity contribution < 1.29 is 9.47 Å². The van der Waals surface area contributed by atoms with Crippen LogP contribution in [-0.4, -0.2) is 46.5 Å². The highest BCUT2D eigenvalue weighted by molar-refractivity contribution is 5.28. The number of nitrogens with zero attached hydrogens (tertiary/aromatic N) is 4. The molecule has 0 amide bonds. The minimum Gasteiger partial charge on any atom is -0.481 e. The average molecular weight is 316 g/mol. The van der Waals surface area contributed by atoms with Crippen molar-refractivity contribution in [3.8, 4) is 5.88 Å². The molecule has 2 aromatic heterocycles. The minimum atomic E-state index is 0.205. The Balaban J connectivity index is 1.87. The van der Waals surface area contributed by atoms with Gasteiger partial charge < -0.3 is 9.47 Å². The molecular formula is C17H24N4O2. The first kappa shape index (κ1) is 16.0. The Morgan fingerprint density at radius 1 is 1.39 bits per heavy atom. The third kappa shape index (κ3) is 3.23. The molecule has 23 heavy (non-hydrogen) atoms. The van der Waals surface area contributed by atoms with Crippen LogP contribution in [0.5, 0.6) is 5.88 Å². The summed E-state index contributed by atoms with van der Waals surface area (Å²) in [6.45, 7) is 5.19. The van der Waals surface area contributed by atoms with Gasteiger partial charge in [0.2, 0.25) is 5.88 Å². The number of pyridine rings is 1. The van der Waals surface area contributed by atoms with Gasteiger partial charge in [0, 0.05) is 38.5 Å². The Morgan fingerprint density at radius 2 is 2.26 bits per heavy atom. The molecule has 1 aliphatic heterocycles. The number of fused-ring (bicyclic) bond motifs is 1. The molecule has 6 heteroatoms. The van der Waals surface area contributed by atoms with E-state index in [0.29, 0.717) is 19.1 Å². The second-order valence-corrected chi connectivity index (χ2v) is 5.75. The lowest BCUT2D eigenvalue weighted by atomic mass is 9.99. The summed E-state index contributed by atoms with van der Waals surface area (Å²) >= 11 is 0. The zero-order chi connectivity index (χ0) is 16.2. The van der Waals surface area contributed by atoms with Gasteiger partial charge in [0.15, 0.2) is 0 Å². The molecule has 0 spiro atoms. The summed E-state index contributed by atoms with van der Waals surface area (Å²) in [6.07, 6.45) is 4.75. The van der Waals surface area contributed by atoms with Gasteiger partial charge in [-0.05, 0) is 25.0 Å². The Labute approximate surface area is 137 Å². The molecule has 2 aromatic rings. The molecule has 1 aliphatic rings. The van der Waals surface area contributed by atoms with Crippen molar-refractivity contribution in [3.05, 3.63) is 41.3 Å². The lowest BCUT2D eigenvalue weighted by molar-refractivity contribution is 0.0514. The van der Waals surface area contributed by atoms with Gasteiger partial charge in [0.05, 0.1) is 31.6 Å². The van der Waals surface area contributed by atoms with E-state index in [2.05, 4.69) is 21.0 Å². The predicted molar refractivity (Wildman–Crippen MR) is 87.3 cm³/mol. The van der Waals surface area contributed by atoms with Gasteiger partial charge in [-0.1, -0.05) is 6.07 Å². The van der Waals surface area contributed by atoms with Crippen molar-refractivity contribution in [2.24, 2.45) is 7.05 Å². The third-order valence-corrected chi connectivity index (χ3v) is 4.39. The summed E-state index contributed by atoms with van der Waals surface area (Å²) in [6, 6.07) is 4.23. The first-order valence-corrected chi connectivity index (χ1v) is 8.05. The number of hydrogen-bond donors (Lipinski definition) is 0. The molecule has 0 radical (unpaired) electrons. The Hall–Kier alpha value is -1.92. The van der Waals surface area contributed by atoms with Crippen LogP contribution in [0.2, 0.25) is 0 Å². The molecule has 0 unspecified atom stereocenters. The van der Waals surface area contributed by atoms with E-state index in [1.165, 1.54) is 11.3 Å². The molecule has 6 nitrogen and oxygen atoms in total. The fraction of sp³-hybridized carbons (Fsp3) is 0.529. The molecule has 3 rings (SSSR count). The summed E-state index contributed by atoms with van der Waals surface area (Å²) in [7, 11) is 3.67. The van der Waals surface area contributed by atoms with E-state index in [0.717, 1.165) is 25.1 Å². The number of aryl methyl sites for hydroxylation is 1. The van der Waals surface area contributed by atoms with Crippen LogP contribution in [0, 0.1) is 0 Å². The standard InChI is InChI=1S/C17H24N4O2/c1-4-23-12-15-16-13(10-19-20(16)2)7-9-21(15)11-14-6-5-8-18-17(14)22-3/h5-6,8,10,15H,4,7,9,11-12H2,1-3H3/t15-/m1/s1. The molecule has 0 bridgehead atoms. The molecule has 3 heterocycles. The van der Waals surface area contributed by atoms with Crippen molar-refractivity contribution in [1.82, 2.24) is 19.7 Å². The number of rotatable bonds is 6. The van der Waals surface area contributed by atoms with Crippen molar-refractivity contribution in [3.63, 3.8) is 0 Å². The quantitative estimate of drug-likeness (QED) is 0.815. The van der Waals surface area contributed by atoms with Crippen LogP contribution in [0.15, 0.2) is 24.5 Å². The maximum Gasteiger partial charge on any atom is 0.217 e. The monoisotopic (exact) mass is 316 g/mol. The van der Waals surface area contributed by atoms with Crippen LogP contribution in [-0.2, 0) is 24.8 Å². The number of aromatic nitrogens is 3. The van der Waals surface area contributed by atoms with Crippen molar-refractivity contribution in [2.45, 2.75) is 25.9 Å². The molecule has 0 aromatic carbocycles. The van der Waals surface area contributed by atoms with E-state index >= 15 is 0 Å². The predicted octanol–water partition coefficient (Wildman–Crippen LogP) is 1.96. The molecule has 0 fully saturated rings. The van der Waals surface area contributed by atoms with Gasteiger partial charge in [-0.2, -0.15) is 5.10 Å². The van der Waals surface area contributed by atoms with E-state index in [1.807, 2.05) is 30.9 Å². The second-order valence-electron chi connectivity index (χ2n) is 5.75. The van der Waals surface area contributed by atoms with E-state index in [9.17, 15) is 0 Å². The van der Waals surface area contributed by atoms with E-state index in [1.54, 1.807) is 13.3 Å². The smallest absolute Gasteiger partial charge is 0.217 e. The maximum absolute atomic E-state index is 5.75. The van der Waals surface area contributed by atoms with Crippen molar-refractivity contribution >= 4 is 0 Å². The van der Waals surface area contributed by atoms with Crippen LogP contribution < -0.4 is 4.74 Å². The van der Waals surface area contributed by atoms with Crippen LogP contribution in [0.4, 0.5) is 0 Å². The maximum atomic E-state index is 5.75.